The van der Waals surface area contributed by atoms with Crippen molar-refractivity contribution in [1.29, 1.82) is 0 Å². The number of ether oxygens (including phenoxy) is 1. The lowest BCUT2D eigenvalue weighted by Crippen LogP contribution is -2.42. The van der Waals surface area contributed by atoms with Gasteiger partial charge in [0.05, 0.1) is 13.7 Å². The zero-order valence-electron chi connectivity index (χ0n) is 19.2. The van der Waals surface area contributed by atoms with E-state index in [2.05, 4.69) is 0 Å². The molecule has 0 bridgehead atoms. The van der Waals surface area contributed by atoms with Crippen LogP contribution in [-0.2, 0) is 17.9 Å². The van der Waals surface area contributed by atoms with Gasteiger partial charge in [-0.05, 0) is 67.4 Å². The highest BCUT2D eigenvalue weighted by molar-refractivity contribution is 7.11. The maximum absolute atomic E-state index is 13.4. The monoisotopic (exact) mass is 468 g/mol. The summed E-state index contributed by atoms with van der Waals surface area (Å²) in [5.74, 6) is 0.00772. The van der Waals surface area contributed by atoms with Gasteiger partial charge in [-0.1, -0.05) is 19.1 Å². The smallest absolute Gasteiger partial charge is 0.254 e. The van der Waals surface area contributed by atoms with Crippen LogP contribution in [0.4, 0.5) is 4.39 Å². The molecule has 0 N–H and O–H groups in total. The minimum atomic E-state index is -0.315. The second-order valence-electron chi connectivity index (χ2n) is 7.84. The molecule has 3 aromatic rings. The number of aryl methyl sites for hydroxylation is 1. The van der Waals surface area contributed by atoms with Crippen LogP contribution in [0.3, 0.4) is 0 Å². The van der Waals surface area contributed by atoms with E-state index in [0.717, 1.165) is 16.9 Å². The van der Waals surface area contributed by atoms with E-state index in [1.807, 2.05) is 26.0 Å². The first-order valence-electron chi connectivity index (χ1n) is 10.9. The van der Waals surface area contributed by atoms with Gasteiger partial charge in [0.15, 0.2) is 0 Å². The first-order chi connectivity index (χ1) is 15.9. The van der Waals surface area contributed by atoms with Gasteiger partial charge >= 0.3 is 0 Å². The number of methoxy groups -OCH3 is 1. The third-order valence-electron chi connectivity index (χ3n) is 5.23. The molecular weight excluding hydrogens is 439 g/mol. The van der Waals surface area contributed by atoms with Crippen molar-refractivity contribution in [2.75, 3.05) is 20.2 Å². The fraction of sp³-hybridized carbons (Fsp3) is 0.308. The van der Waals surface area contributed by atoms with Crippen molar-refractivity contribution < 1.29 is 18.7 Å². The third kappa shape index (κ3) is 6.89. The fourth-order valence-corrected chi connectivity index (χ4v) is 4.41. The summed E-state index contributed by atoms with van der Waals surface area (Å²) in [5, 5.41) is 0. The fourth-order valence-electron chi connectivity index (χ4n) is 3.50. The van der Waals surface area contributed by atoms with E-state index in [9.17, 15) is 14.0 Å². The summed E-state index contributed by atoms with van der Waals surface area (Å²) in [6.45, 7) is 5.22. The highest BCUT2D eigenvalue weighted by atomic mass is 32.1. The first kappa shape index (κ1) is 24.5. The maximum Gasteiger partial charge on any atom is 0.254 e. The average molecular weight is 469 g/mol. The van der Waals surface area contributed by atoms with Crippen LogP contribution >= 0.6 is 11.3 Å². The van der Waals surface area contributed by atoms with Crippen molar-refractivity contribution in [2.24, 2.45) is 0 Å². The van der Waals surface area contributed by atoms with E-state index in [4.69, 9.17) is 4.74 Å². The zero-order chi connectivity index (χ0) is 23.8. The van der Waals surface area contributed by atoms with Gasteiger partial charge in [0.2, 0.25) is 5.91 Å². The number of nitrogens with zero attached hydrogens (tertiary/aromatic N) is 2. The summed E-state index contributed by atoms with van der Waals surface area (Å²) in [6, 6.07) is 17.1. The lowest BCUT2D eigenvalue weighted by atomic mass is 10.1. The molecule has 0 aliphatic heterocycles. The van der Waals surface area contributed by atoms with Crippen LogP contribution in [0, 0.1) is 12.7 Å². The Kier molecular flexibility index (Phi) is 8.60. The second-order valence-corrected chi connectivity index (χ2v) is 9.22. The number of carbonyl (C=O) groups is 2. The largest absolute Gasteiger partial charge is 0.497 e. The molecule has 0 atom stereocenters. The Morgan fingerprint density at radius 3 is 2.21 bits per heavy atom. The topological polar surface area (TPSA) is 49.9 Å². The number of hydrogen-bond acceptors (Lipinski definition) is 4. The van der Waals surface area contributed by atoms with Gasteiger partial charge in [-0.15, -0.1) is 11.3 Å². The first-order valence-corrected chi connectivity index (χ1v) is 11.7. The van der Waals surface area contributed by atoms with E-state index in [1.54, 1.807) is 64.6 Å². The van der Waals surface area contributed by atoms with E-state index in [0.29, 0.717) is 30.9 Å². The molecule has 1 heterocycles. The average Bonchev–Trinajstić information content (AvgIpc) is 3.23. The summed E-state index contributed by atoms with van der Waals surface area (Å²) in [7, 11) is 1.57. The Labute approximate surface area is 198 Å². The van der Waals surface area contributed by atoms with Crippen LogP contribution in [0.5, 0.6) is 5.75 Å². The number of carbonyl (C=O) groups excluding carboxylic acids is 2. The standard InChI is InChI=1S/C26H29FN2O3S/c1-4-15-28(26(31)21-8-12-23(32-3)13-9-21)18-25(30)29(17-24-14-5-19(2)33-24)16-20-6-10-22(27)11-7-20/h5-14H,4,15-18H2,1-3H3. The van der Waals surface area contributed by atoms with Crippen LogP contribution in [0.25, 0.3) is 0 Å². The van der Waals surface area contributed by atoms with E-state index < -0.39 is 0 Å². The molecule has 0 unspecified atom stereocenters. The number of benzene rings is 2. The lowest BCUT2D eigenvalue weighted by molar-refractivity contribution is -0.133. The molecule has 0 spiro atoms. The van der Waals surface area contributed by atoms with Crippen LogP contribution in [0.1, 0.15) is 39.0 Å². The molecule has 0 saturated carbocycles. The Bertz CT molecular complexity index is 1060. The molecule has 0 radical (unpaired) electrons. The van der Waals surface area contributed by atoms with Crippen molar-refractivity contribution >= 4 is 23.2 Å². The van der Waals surface area contributed by atoms with Gasteiger partial charge in [0.1, 0.15) is 18.1 Å². The Morgan fingerprint density at radius 1 is 0.939 bits per heavy atom. The Hall–Kier alpha value is -3.19. The van der Waals surface area contributed by atoms with Crippen molar-refractivity contribution in [2.45, 2.75) is 33.4 Å². The Balaban J connectivity index is 1.79. The van der Waals surface area contributed by atoms with Crippen LogP contribution < -0.4 is 4.74 Å². The third-order valence-corrected chi connectivity index (χ3v) is 6.21. The highest BCUT2D eigenvalue weighted by Gasteiger charge is 2.23. The summed E-state index contributed by atoms with van der Waals surface area (Å²) in [5.41, 5.74) is 1.34. The molecular formula is C26H29FN2O3S. The van der Waals surface area contributed by atoms with Gasteiger partial charge in [0.25, 0.3) is 5.91 Å². The van der Waals surface area contributed by atoms with Gasteiger partial charge in [-0.25, -0.2) is 4.39 Å². The van der Waals surface area contributed by atoms with Gasteiger partial charge in [-0.3, -0.25) is 9.59 Å². The summed E-state index contributed by atoms with van der Waals surface area (Å²) >= 11 is 1.64. The molecule has 0 fully saturated rings. The van der Waals surface area contributed by atoms with Crippen molar-refractivity contribution in [3.05, 3.63) is 87.4 Å². The molecule has 1 aromatic heterocycles. The van der Waals surface area contributed by atoms with E-state index in [1.165, 1.54) is 17.0 Å². The minimum absolute atomic E-state index is 0.0236. The summed E-state index contributed by atoms with van der Waals surface area (Å²) in [4.78, 5) is 32.1. The molecule has 7 heteroatoms. The van der Waals surface area contributed by atoms with E-state index in [-0.39, 0.29) is 24.2 Å². The highest BCUT2D eigenvalue weighted by Crippen LogP contribution is 2.20. The second kappa shape index (κ2) is 11.6. The molecule has 2 aromatic carbocycles. The van der Waals surface area contributed by atoms with Crippen LogP contribution in [-0.4, -0.2) is 41.8 Å². The SMILES string of the molecule is CCCN(CC(=O)N(Cc1ccc(F)cc1)Cc1ccc(C)s1)C(=O)c1ccc(OC)cc1. The number of amides is 2. The molecule has 33 heavy (non-hydrogen) atoms. The Morgan fingerprint density at radius 2 is 1.64 bits per heavy atom. The molecule has 5 nitrogen and oxygen atoms in total. The number of hydrogen-bond donors (Lipinski definition) is 0. The van der Waals surface area contributed by atoms with E-state index >= 15 is 0 Å². The predicted octanol–water partition coefficient (Wildman–Crippen LogP) is 5.29. The van der Waals surface area contributed by atoms with Gasteiger partial charge in [-0.2, -0.15) is 0 Å². The quantitative estimate of drug-likeness (QED) is 0.407. The normalized spacial score (nSPS) is 10.7. The van der Waals surface area contributed by atoms with Crippen LogP contribution in [0.2, 0.25) is 0 Å². The van der Waals surface area contributed by atoms with Crippen molar-refractivity contribution in [3.8, 4) is 5.75 Å². The molecule has 2 amide bonds. The summed E-state index contributed by atoms with van der Waals surface area (Å²) < 4.78 is 18.5. The molecule has 0 aliphatic carbocycles. The van der Waals surface area contributed by atoms with Gasteiger partial charge in [0, 0.05) is 28.4 Å². The summed E-state index contributed by atoms with van der Waals surface area (Å²) in [6.07, 6.45) is 0.733. The lowest BCUT2D eigenvalue weighted by Gasteiger charge is -2.27. The number of thiophene rings is 1. The zero-order valence-corrected chi connectivity index (χ0v) is 20.0. The van der Waals surface area contributed by atoms with Crippen molar-refractivity contribution in [1.82, 2.24) is 9.80 Å². The van der Waals surface area contributed by atoms with Crippen molar-refractivity contribution in [3.63, 3.8) is 0 Å². The minimum Gasteiger partial charge on any atom is -0.497 e. The molecule has 3 rings (SSSR count). The molecule has 0 aliphatic rings. The molecule has 174 valence electrons. The predicted molar refractivity (Wildman–Crippen MR) is 129 cm³/mol. The van der Waals surface area contributed by atoms with Gasteiger partial charge < -0.3 is 14.5 Å². The van der Waals surface area contributed by atoms with Crippen LogP contribution in [0.15, 0.2) is 60.7 Å². The maximum atomic E-state index is 13.4. The number of rotatable bonds is 10. The molecule has 0 saturated heterocycles. The number of halogens is 1.